The van der Waals surface area contributed by atoms with E-state index >= 15 is 0 Å². The van der Waals surface area contributed by atoms with Crippen LogP contribution in [0.5, 0.6) is 5.75 Å². The zero-order chi connectivity index (χ0) is 13.2. The van der Waals surface area contributed by atoms with Crippen molar-refractivity contribution in [3.63, 3.8) is 0 Å². The highest BCUT2D eigenvalue weighted by atomic mass is 16.5. The van der Waals surface area contributed by atoms with E-state index < -0.39 is 0 Å². The smallest absolute Gasteiger partial charge is 0.177 e. The molecule has 0 atom stereocenters. The molecule has 0 amide bonds. The molecule has 0 radical (unpaired) electrons. The third kappa shape index (κ3) is 2.17. The summed E-state index contributed by atoms with van der Waals surface area (Å²) in [4.78, 5) is 0. The van der Waals surface area contributed by atoms with Gasteiger partial charge < -0.3 is 4.74 Å². The average Bonchev–Trinajstić information content (AvgIpc) is 2.46. The Morgan fingerprint density at radius 1 is 0.947 bits per heavy atom. The molecule has 3 rings (SSSR count). The molecule has 19 heavy (non-hydrogen) atoms. The van der Waals surface area contributed by atoms with E-state index in [1.54, 1.807) is 7.11 Å². The van der Waals surface area contributed by atoms with Gasteiger partial charge >= 0.3 is 0 Å². The van der Waals surface area contributed by atoms with Crippen molar-refractivity contribution in [1.29, 1.82) is 0 Å². The molecule has 3 aromatic rings. The molecule has 0 unspecified atom stereocenters. The van der Waals surface area contributed by atoms with Gasteiger partial charge in [0.15, 0.2) is 12.4 Å². The fourth-order valence-corrected chi connectivity index (χ4v) is 2.40. The van der Waals surface area contributed by atoms with Crippen LogP contribution >= 0.6 is 0 Å². The number of ether oxygens (including phenoxy) is 1. The fourth-order valence-electron chi connectivity index (χ4n) is 2.40. The molecule has 0 bridgehead atoms. The number of methoxy groups -OCH3 is 1. The minimum Gasteiger partial charge on any atom is -0.497 e. The monoisotopic (exact) mass is 250 g/mol. The lowest BCUT2D eigenvalue weighted by molar-refractivity contribution is -0.669. The van der Waals surface area contributed by atoms with E-state index in [-0.39, 0.29) is 0 Å². The first-order valence-corrected chi connectivity index (χ1v) is 6.30. The Kier molecular flexibility index (Phi) is 2.92. The van der Waals surface area contributed by atoms with E-state index in [0.717, 1.165) is 5.75 Å². The number of benzene rings is 2. The Bertz CT molecular complexity index is 720. The van der Waals surface area contributed by atoms with Crippen LogP contribution in [0.3, 0.4) is 0 Å². The largest absolute Gasteiger partial charge is 0.497 e. The molecule has 0 spiro atoms. The highest BCUT2D eigenvalue weighted by Crippen LogP contribution is 2.29. The summed E-state index contributed by atoms with van der Waals surface area (Å²) in [5.74, 6) is 0.887. The third-order valence-corrected chi connectivity index (χ3v) is 3.31. The Labute approximate surface area is 112 Å². The summed E-state index contributed by atoms with van der Waals surface area (Å²) < 4.78 is 7.39. The molecule has 0 fully saturated rings. The summed E-state index contributed by atoms with van der Waals surface area (Å²) in [7, 11) is 3.74. The van der Waals surface area contributed by atoms with Crippen LogP contribution in [-0.4, -0.2) is 7.11 Å². The molecule has 0 saturated heterocycles. The number of fused-ring (bicyclic) bond motifs is 1. The Hall–Kier alpha value is -2.35. The SMILES string of the molecule is COc1ccc2c(-c3ccccc3)c[n+](C)cc2c1. The van der Waals surface area contributed by atoms with E-state index in [1.807, 2.05) is 19.2 Å². The van der Waals surface area contributed by atoms with Crippen molar-refractivity contribution in [3.8, 4) is 16.9 Å². The van der Waals surface area contributed by atoms with Crippen molar-refractivity contribution >= 4 is 10.8 Å². The third-order valence-electron chi connectivity index (χ3n) is 3.31. The predicted octanol–water partition coefficient (Wildman–Crippen LogP) is 3.34. The predicted molar refractivity (Wildman–Crippen MR) is 77.1 cm³/mol. The van der Waals surface area contributed by atoms with Gasteiger partial charge in [-0.1, -0.05) is 30.3 Å². The van der Waals surface area contributed by atoms with E-state index in [9.17, 15) is 0 Å². The van der Waals surface area contributed by atoms with Crippen molar-refractivity contribution < 1.29 is 9.30 Å². The highest BCUT2D eigenvalue weighted by molar-refractivity contribution is 5.95. The number of nitrogens with zero attached hydrogens (tertiary/aromatic N) is 1. The van der Waals surface area contributed by atoms with E-state index in [0.29, 0.717) is 0 Å². The molecule has 0 N–H and O–H groups in total. The molecule has 1 aromatic heterocycles. The number of aromatic nitrogens is 1. The summed E-state index contributed by atoms with van der Waals surface area (Å²) in [5.41, 5.74) is 2.47. The molecular formula is C17H16NO+. The molecule has 2 heteroatoms. The van der Waals surface area contributed by atoms with Gasteiger partial charge in [0, 0.05) is 10.8 Å². The van der Waals surface area contributed by atoms with Gasteiger partial charge in [-0.25, -0.2) is 4.57 Å². The van der Waals surface area contributed by atoms with Crippen LogP contribution in [0.2, 0.25) is 0 Å². The summed E-state index contributed by atoms with van der Waals surface area (Å²) in [6, 6.07) is 16.7. The molecule has 0 aliphatic heterocycles. The number of hydrogen-bond donors (Lipinski definition) is 0. The fraction of sp³-hybridized carbons (Fsp3) is 0.118. The van der Waals surface area contributed by atoms with Crippen molar-refractivity contribution in [3.05, 3.63) is 60.9 Å². The van der Waals surface area contributed by atoms with Crippen LogP contribution in [0.15, 0.2) is 60.9 Å². The maximum absolute atomic E-state index is 5.30. The molecule has 0 saturated carbocycles. The first-order valence-electron chi connectivity index (χ1n) is 6.30. The first-order chi connectivity index (χ1) is 9.28. The molecule has 94 valence electrons. The summed E-state index contributed by atoms with van der Waals surface area (Å²) in [6.07, 6.45) is 4.27. The van der Waals surface area contributed by atoms with E-state index in [1.165, 1.54) is 21.9 Å². The van der Waals surface area contributed by atoms with Crippen LogP contribution in [0.4, 0.5) is 0 Å². The summed E-state index contributed by atoms with van der Waals surface area (Å²) >= 11 is 0. The number of rotatable bonds is 2. The van der Waals surface area contributed by atoms with Crippen molar-refractivity contribution in [1.82, 2.24) is 0 Å². The quantitative estimate of drug-likeness (QED) is 0.636. The van der Waals surface area contributed by atoms with Crippen LogP contribution < -0.4 is 9.30 Å². The second-order valence-corrected chi connectivity index (χ2v) is 4.66. The average molecular weight is 250 g/mol. The number of pyridine rings is 1. The normalized spacial score (nSPS) is 10.6. The molecule has 0 aliphatic rings. The summed E-state index contributed by atoms with van der Waals surface area (Å²) in [6.45, 7) is 0. The Morgan fingerprint density at radius 3 is 2.47 bits per heavy atom. The maximum Gasteiger partial charge on any atom is 0.177 e. The van der Waals surface area contributed by atoms with Gasteiger partial charge in [0.2, 0.25) is 0 Å². The van der Waals surface area contributed by atoms with Crippen molar-refractivity contribution in [2.45, 2.75) is 0 Å². The van der Waals surface area contributed by atoms with Gasteiger partial charge in [-0.2, -0.15) is 0 Å². The van der Waals surface area contributed by atoms with Gasteiger partial charge in [0.25, 0.3) is 0 Å². The van der Waals surface area contributed by atoms with Crippen molar-refractivity contribution in [2.75, 3.05) is 7.11 Å². The van der Waals surface area contributed by atoms with Gasteiger partial charge in [-0.3, -0.25) is 0 Å². The van der Waals surface area contributed by atoms with Crippen LogP contribution in [0.1, 0.15) is 0 Å². The van der Waals surface area contributed by atoms with E-state index in [2.05, 4.69) is 53.4 Å². The zero-order valence-corrected chi connectivity index (χ0v) is 11.1. The van der Waals surface area contributed by atoms with Gasteiger partial charge in [-0.05, 0) is 23.8 Å². The molecule has 1 heterocycles. The Morgan fingerprint density at radius 2 is 1.74 bits per heavy atom. The second-order valence-electron chi connectivity index (χ2n) is 4.66. The zero-order valence-electron chi connectivity index (χ0n) is 11.1. The lowest BCUT2D eigenvalue weighted by atomic mass is 10.0. The van der Waals surface area contributed by atoms with Crippen molar-refractivity contribution in [2.24, 2.45) is 7.05 Å². The minimum absolute atomic E-state index is 0.887. The summed E-state index contributed by atoms with van der Waals surface area (Å²) in [5, 5.41) is 2.42. The lowest BCUT2D eigenvalue weighted by Crippen LogP contribution is -2.26. The van der Waals surface area contributed by atoms with Gasteiger partial charge in [0.05, 0.1) is 12.7 Å². The Balaban J connectivity index is 2.30. The van der Waals surface area contributed by atoms with E-state index in [4.69, 9.17) is 4.74 Å². The second kappa shape index (κ2) is 4.73. The minimum atomic E-state index is 0.887. The lowest BCUT2D eigenvalue weighted by Gasteiger charge is -2.06. The first kappa shape index (κ1) is 11.7. The molecule has 0 aliphatic carbocycles. The standard InChI is InChI=1S/C17H16NO/c1-18-11-14-10-15(19-2)8-9-16(14)17(12-18)13-6-4-3-5-7-13/h3-12H,1-2H3/q+1. The molecule has 2 nitrogen and oxygen atoms in total. The van der Waals surface area contributed by atoms with Gasteiger partial charge in [-0.15, -0.1) is 0 Å². The number of hydrogen-bond acceptors (Lipinski definition) is 1. The van der Waals surface area contributed by atoms with Gasteiger partial charge in [0.1, 0.15) is 12.8 Å². The van der Waals surface area contributed by atoms with Crippen LogP contribution in [-0.2, 0) is 7.05 Å². The molecular weight excluding hydrogens is 234 g/mol. The highest BCUT2D eigenvalue weighted by Gasteiger charge is 2.10. The van der Waals surface area contributed by atoms with Crippen LogP contribution in [0, 0.1) is 0 Å². The number of aryl methyl sites for hydroxylation is 1. The maximum atomic E-state index is 5.30. The topological polar surface area (TPSA) is 13.1 Å². The van der Waals surface area contributed by atoms with Crippen LogP contribution in [0.25, 0.3) is 21.9 Å². The molecule has 2 aromatic carbocycles.